The number of anilines is 1. The number of aryl methyl sites for hydroxylation is 3. The summed E-state index contributed by atoms with van der Waals surface area (Å²) in [6.45, 7) is 3.81. The lowest BCUT2D eigenvalue weighted by molar-refractivity contribution is -0.115. The lowest BCUT2D eigenvalue weighted by Gasteiger charge is -2.18. The second kappa shape index (κ2) is 7.71. The molecule has 1 amide bonds. The van der Waals surface area contributed by atoms with Crippen LogP contribution < -0.4 is 5.32 Å². The van der Waals surface area contributed by atoms with Crippen LogP contribution in [0.25, 0.3) is 0 Å². The van der Waals surface area contributed by atoms with Crippen LogP contribution in [0.4, 0.5) is 5.69 Å². The molecule has 1 unspecified atom stereocenters. The number of amides is 1. The summed E-state index contributed by atoms with van der Waals surface area (Å²) in [6.07, 6.45) is 4.24. The van der Waals surface area contributed by atoms with Crippen molar-refractivity contribution in [2.24, 2.45) is 0 Å². The summed E-state index contributed by atoms with van der Waals surface area (Å²) >= 11 is 1.36. The van der Waals surface area contributed by atoms with E-state index in [1.54, 1.807) is 0 Å². The molecule has 0 fully saturated rings. The molecule has 1 heterocycles. The molecule has 25 heavy (non-hydrogen) atoms. The largest absolute Gasteiger partial charge is 0.325 e. The normalized spacial score (nSPS) is 14.3. The zero-order chi connectivity index (χ0) is 17.8. The molecule has 1 aromatic heterocycles. The molecule has 0 spiro atoms. The number of nitrogens with one attached hydrogen (secondary N) is 1. The summed E-state index contributed by atoms with van der Waals surface area (Å²) in [5, 5.41) is 12.7. The van der Waals surface area contributed by atoms with Crippen molar-refractivity contribution in [2.75, 3.05) is 5.32 Å². The molecule has 1 aliphatic carbocycles. The number of rotatable bonds is 4. The third-order valence-electron chi connectivity index (χ3n) is 4.45. The topological polar surface area (TPSA) is 65.8 Å². The standard InChI is InChI=1S/C20H21N3OS/c1-13-7-3-5-9-17(13)22-19(24)14(2)25-20-16(12-21)11-15-8-4-6-10-18(15)23-20/h3,5,7,9,11,14H,4,6,8,10H2,1-2H3,(H,22,24). The van der Waals surface area contributed by atoms with Gasteiger partial charge in [-0.2, -0.15) is 5.26 Å². The average molecular weight is 351 g/mol. The van der Waals surface area contributed by atoms with Crippen LogP contribution in [0.1, 0.15) is 42.1 Å². The third-order valence-corrected chi connectivity index (χ3v) is 5.55. The number of carbonyl (C=O) groups excluding carboxylic acids is 1. The van der Waals surface area contributed by atoms with Gasteiger partial charge in [-0.25, -0.2) is 4.98 Å². The Labute approximate surface area is 152 Å². The smallest absolute Gasteiger partial charge is 0.237 e. The minimum absolute atomic E-state index is 0.0808. The first-order valence-corrected chi connectivity index (χ1v) is 9.42. The van der Waals surface area contributed by atoms with Crippen molar-refractivity contribution in [2.45, 2.75) is 49.8 Å². The number of para-hydroxylation sites is 1. The fourth-order valence-electron chi connectivity index (χ4n) is 2.95. The summed E-state index contributed by atoms with van der Waals surface area (Å²) in [6, 6.07) is 11.9. The van der Waals surface area contributed by atoms with E-state index in [1.807, 2.05) is 44.2 Å². The van der Waals surface area contributed by atoms with Gasteiger partial charge in [0, 0.05) is 11.4 Å². The van der Waals surface area contributed by atoms with Gasteiger partial charge in [0.25, 0.3) is 0 Å². The van der Waals surface area contributed by atoms with Crippen molar-refractivity contribution in [1.82, 2.24) is 4.98 Å². The highest BCUT2D eigenvalue weighted by molar-refractivity contribution is 8.00. The van der Waals surface area contributed by atoms with Gasteiger partial charge in [-0.3, -0.25) is 4.79 Å². The number of pyridine rings is 1. The van der Waals surface area contributed by atoms with Crippen LogP contribution in [-0.4, -0.2) is 16.1 Å². The second-order valence-electron chi connectivity index (χ2n) is 6.33. The lowest BCUT2D eigenvalue weighted by Crippen LogP contribution is -2.23. The number of carbonyl (C=O) groups is 1. The molecule has 2 aromatic rings. The lowest BCUT2D eigenvalue weighted by atomic mass is 9.95. The molecule has 0 saturated heterocycles. The van der Waals surface area contributed by atoms with Crippen LogP contribution in [0.15, 0.2) is 35.4 Å². The number of nitriles is 1. The highest BCUT2D eigenvalue weighted by Crippen LogP contribution is 2.30. The second-order valence-corrected chi connectivity index (χ2v) is 7.66. The van der Waals surface area contributed by atoms with E-state index in [4.69, 9.17) is 4.98 Å². The Morgan fingerprint density at radius 2 is 2.08 bits per heavy atom. The van der Waals surface area contributed by atoms with E-state index in [0.29, 0.717) is 10.6 Å². The number of fused-ring (bicyclic) bond motifs is 1. The monoisotopic (exact) mass is 351 g/mol. The fourth-order valence-corrected chi connectivity index (χ4v) is 3.85. The Morgan fingerprint density at radius 3 is 2.84 bits per heavy atom. The van der Waals surface area contributed by atoms with Crippen LogP contribution in [0, 0.1) is 18.3 Å². The summed E-state index contributed by atoms with van der Waals surface area (Å²) in [5.74, 6) is -0.0808. The van der Waals surface area contributed by atoms with E-state index in [2.05, 4.69) is 11.4 Å². The van der Waals surface area contributed by atoms with Gasteiger partial charge >= 0.3 is 0 Å². The van der Waals surface area contributed by atoms with Gasteiger partial charge in [0.05, 0.1) is 10.8 Å². The zero-order valence-corrected chi connectivity index (χ0v) is 15.3. The molecular formula is C20H21N3OS. The Morgan fingerprint density at radius 1 is 1.32 bits per heavy atom. The van der Waals surface area contributed by atoms with Crippen LogP contribution in [0.3, 0.4) is 0 Å². The first-order chi connectivity index (χ1) is 12.1. The minimum atomic E-state index is -0.333. The van der Waals surface area contributed by atoms with Crippen molar-refractivity contribution in [3.05, 3.63) is 52.7 Å². The minimum Gasteiger partial charge on any atom is -0.325 e. The molecule has 0 saturated carbocycles. The molecule has 1 N–H and O–H groups in total. The Kier molecular flexibility index (Phi) is 5.40. The molecule has 1 aliphatic rings. The Balaban J connectivity index is 1.76. The van der Waals surface area contributed by atoms with Crippen molar-refractivity contribution < 1.29 is 4.79 Å². The van der Waals surface area contributed by atoms with Crippen LogP contribution >= 0.6 is 11.8 Å². The summed E-state index contributed by atoms with van der Waals surface area (Å²) in [5.41, 5.74) is 4.68. The number of aromatic nitrogens is 1. The summed E-state index contributed by atoms with van der Waals surface area (Å²) in [7, 11) is 0. The highest BCUT2D eigenvalue weighted by Gasteiger charge is 2.21. The number of nitrogens with zero attached hydrogens (tertiary/aromatic N) is 2. The predicted molar refractivity (Wildman–Crippen MR) is 101 cm³/mol. The van der Waals surface area contributed by atoms with Crippen molar-refractivity contribution in [3.63, 3.8) is 0 Å². The van der Waals surface area contributed by atoms with Gasteiger partial charge in [-0.1, -0.05) is 30.0 Å². The number of benzene rings is 1. The van der Waals surface area contributed by atoms with Crippen LogP contribution in [0.2, 0.25) is 0 Å². The van der Waals surface area contributed by atoms with Gasteiger partial charge < -0.3 is 5.32 Å². The number of hydrogen-bond acceptors (Lipinski definition) is 4. The molecule has 128 valence electrons. The summed E-state index contributed by atoms with van der Waals surface area (Å²) in [4.78, 5) is 17.2. The van der Waals surface area contributed by atoms with Gasteiger partial charge in [0.1, 0.15) is 11.1 Å². The van der Waals surface area contributed by atoms with Crippen molar-refractivity contribution in [1.29, 1.82) is 5.26 Å². The zero-order valence-electron chi connectivity index (χ0n) is 14.5. The molecule has 5 heteroatoms. The third kappa shape index (κ3) is 4.02. The van der Waals surface area contributed by atoms with Gasteiger partial charge in [0.2, 0.25) is 5.91 Å². The molecule has 0 radical (unpaired) electrons. The van der Waals surface area contributed by atoms with E-state index in [1.165, 1.54) is 17.3 Å². The Hall–Kier alpha value is -2.32. The summed E-state index contributed by atoms with van der Waals surface area (Å²) < 4.78 is 0. The van der Waals surface area contributed by atoms with Crippen LogP contribution in [-0.2, 0) is 17.6 Å². The van der Waals surface area contributed by atoms with E-state index < -0.39 is 0 Å². The maximum Gasteiger partial charge on any atom is 0.237 e. The number of hydrogen-bond donors (Lipinski definition) is 1. The van der Waals surface area contributed by atoms with Gasteiger partial charge in [-0.15, -0.1) is 0 Å². The molecule has 1 aromatic carbocycles. The van der Waals surface area contributed by atoms with Crippen molar-refractivity contribution >= 4 is 23.4 Å². The molecular weight excluding hydrogens is 330 g/mol. The molecule has 3 rings (SSSR count). The quantitative estimate of drug-likeness (QED) is 0.836. The van der Waals surface area contributed by atoms with E-state index >= 15 is 0 Å². The highest BCUT2D eigenvalue weighted by atomic mass is 32.2. The SMILES string of the molecule is Cc1ccccc1NC(=O)C(C)Sc1nc2c(cc1C#N)CCCC2. The fraction of sp³-hybridized carbons (Fsp3) is 0.350. The van der Waals surface area contributed by atoms with E-state index in [9.17, 15) is 10.1 Å². The average Bonchev–Trinajstić information content (AvgIpc) is 2.63. The van der Waals surface area contributed by atoms with E-state index in [-0.39, 0.29) is 11.2 Å². The predicted octanol–water partition coefficient (Wildman–Crippen LogP) is 4.26. The van der Waals surface area contributed by atoms with Crippen molar-refractivity contribution in [3.8, 4) is 6.07 Å². The molecule has 0 aliphatic heterocycles. The number of thioether (sulfide) groups is 1. The van der Waals surface area contributed by atoms with Gasteiger partial charge in [0.15, 0.2) is 0 Å². The maximum absolute atomic E-state index is 12.5. The first-order valence-electron chi connectivity index (χ1n) is 8.54. The van der Waals surface area contributed by atoms with Crippen LogP contribution in [0.5, 0.6) is 0 Å². The maximum atomic E-state index is 12.5. The molecule has 0 bridgehead atoms. The van der Waals surface area contributed by atoms with E-state index in [0.717, 1.165) is 42.6 Å². The molecule has 4 nitrogen and oxygen atoms in total. The first kappa shape index (κ1) is 17.5. The Bertz CT molecular complexity index is 841. The molecule has 1 atom stereocenters. The van der Waals surface area contributed by atoms with Gasteiger partial charge in [-0.05, 0) is 62.8 Å².